The van der Waals surface area contributed by atoms with Gasteiger partial charge in [0.05, 0.1) is 25.1 Å². The number of rotatable bonds is 4. The summed E-state index contributed by atoms with van der Waals surface area (Å²) in [5.74, 6) is -1.35. The van der Waals surface area contributed by atoms with Crippen molar-refractivity contribution in [3.05, 3.63) is 40.9 Å². The Morgan fingerprint density at radius 3 is 2.67 bits per heavy atom. The van der Waals surface area contributed by atoms with Gasteiger partial charge in [-0.2, -0.15) is 14.4 Å². The standard InChI is InChI=1S/C15H15ClF2N4O2/c1-9(11-3-2-10(17)8-19-11)24-14-12(18)13(20-15(16)21-14)22-4-6-23-7-5-22/h2-3,8-9H,4-7H2,1H3/t9-/m0/s1. The molecule has 9 heteroatoms. The Morgan fingerprint density at radius 2 is 2.00 bits per heavy atom. The molecule has 6 nitrogen and oxygen atoms in total. The van der Waals surface area contributed by atoms with Crippen molar-refractivity contribution in [3.8, 4) is 5.88 Å². The van der Waals surface area contributed by atoms with E-state index in [0.717, 1.165) is 6.20 Å². The summed E-state index contributed by atoms with van der Waals surface area (Å²) in [6.07, 6.45) is 0.432. The van der Waals surface area contributed by atoms with Crippen LogP contribution in [-0.2, 0) is 4.74 Å². The molecule has 0 unspecified atom stereocenters. The van der Waals surface area contributed by atoms with Crippen LogP contribution in [0.25, 0.3) is 0 Å². The van der Waals surface area contributed by atoms with Gasteiger partial charge in [0.1, 0.15) is 11.9 Å². The second-order valence-electron chi connectivity index (χ2n) is 5.20. The zero-order valence-electron chi connectivity index (χ0n) is 12.9. The first-order valence-corrected chi connectivity index (χ1v) is 7.76. The third-order valence-electron chi connectivity index (χ3n) is 3.54. The van der Waals surface area contributed by atoms with Crippen molar-refractivity contribution < 1.29 is 18.3 Å². The number of nitrogens with zero attached hydrogens (tertiary/aromatic N) is 4. The third kappa shape index (κ3) is 3.70. The molecule has 1 saturated heterocycles. The van der Waals surface area contributed by atoms with Crippen molar-refractivity contribution >= 4 is 17.4 Å². The summed E-state index contributed by atoms with van der Waals surface area (Å²) in [5.41, 5.74) is 0.443. The molecule has 2 aromatic rings. The highest BCUT2D eigenvalue weighted by atomic mass is 35.5. The van der Waals surface area contributed by atoms with Gasteiger partial charge in [0, 0.05) is 13.1 Å². The van der Waals surface area contributed by atoms with Crippen molar-refractivity contribution in [2.45, 2.75) is 13.0 Å². The fraction of sp³-hybridized carbons (Fsp3) is 0.400. The van der Waals surface area contributed by atoms with Gasteiger partial charge in [-0.25, -0.2) is 4.39 Å². The molecule has 0 aliphatic carbocycles. The average Bonchev–Trinajstić information content (AvgIpc) is 2.59. The van der Waals surface area contributed by atoms with Gasteiger partial charge < -0.3 is 14.4 Å². The molecule has 2 aromatic heterocycles. The van der Waals surface area contributed by atoms with Crippen LogP contribution in [0.3, 0.4) is 0 Å². The summed E-state index contributed by atoms with van der Waals surface area (Å²) in [6.45, 7) is 3.61. The Morgan fingerprint density at radius 1 is 1.25 bits per heavy atom. The summed E-state index contributed by atoms with van der Waals surface area (Å²) in [7, 11) is 0. The van der Waals surface area contributed by atoms with Crippen molar-refractivity contribution in [3.63, 3.8) is 0 Å². The van der Waals surface area contributed by atoms with E-state index in [1.807, 2.05) is 0 Å². The maximum Gasteiger partial charge on any atom is 0.257 e. The number of hydrogen-bond acceptors (Lipinski definition) is 6. The van der Waals surface area contributed by atoms with Gasteiger partial charge in [-0.15, -0.1) is 0 Å². The lowest BCUT2D eigenvalue weighted by Crippen LogP contribution is -2.37. The summed E-state index contributed by atoms with van der Waals surface area (Å²) in [4.78, 5) is 13.4. The molecule has 1 aliphatic rings. The largest absolute Gasteiger partial charge is 0.466 e. The van der Waals surface area contributed by atoms with Gasteiger partial charge in [-0.3, -0.25) is 4.98 Å². The SMILES string of the molecule is C[C@H](Oc1nc(Cl)nc(N2CCOCC2)c1F)c1ccc(F)cn1. The van der Waals surface area contributed by atoms with Crippen LogP contribution in [0.2, 0.25) is 5.28 Å². The van der Waals surface area contributed by atoms with Crippen LogP contribution >= 0.6 is 11.6 Å². The van der Waals surface area contributed by atoms with Gasteiger partial charge in [0.2, 0.25) is 11.1 Å². The zero-order chi connectivity index (χ0) is 17.1. The van der Waals surface area contributed by atoms with E-state index in [9.17, 15) is 8.78 Å². The second kappa shape index (κ2) is 7.23. The number of ether oxygens (including phenoxy) is 2. The van der Waals surface area contributed by atoms with E-state index in [2.05, 4.69) is 15.0 Å². The maximum absolute atomic E-state index is 14.7. The topological polar surface area (TPSA) is 60.4 Å². The second-order valence-corrected chi connectivity index (χ2v) is 5.53. The number of pyridine rings is 1. The fourth-order valence-corrected chi connectivity index (χ4v) is 2.47. The maximum atomic E-state index is 14.7. The van der Waals surface area contributed by atoms with E-state index in [1.165, 1.54) is 12.1 Å². The predicted molar refractivity (Wildman–Crippen MR) is 83.3 cm³/mol. The Kier molecular flexibility index (Phi) is 5.06. The molecule has 128 valence electrons. The van der Waals surface area contributed by atoms with Gasteiger partial charge >= 0.3 is 0 Å². The quantitative estimate of drug-likeness (QED) is 0.785. The van der Waals surface area contributed by atoms with E-state index in [4.69, 9.17) is 21.1 Å². The molecular formula is C15H15ClF2N4O2. The molecule has 0 N–H and O–H groups in total. The molecule has 24 heavy (non-hydrogen) atoms. The number of anilines is 1. The van der Waals surface area contributed by atoms with Crippen LogP contribution in [0.5, 0.6) is 5.88 Å². The number of hydrogen-bond donors (Lipinski definition) is 0. The molecule has 0 aromatic carbocycles. The highest BCUT2D eigenvalue weighted by Crippen LogP contribution is 2.29. The fourth-order valence-electron chi connectivity index (χ4n) is 2.31. The zero-order valence-corrected chi connectivity index (χ0v) is 13.6. The lowest BCUT2D eigenvalue weighted by Gasteiger charge is -2.28. The molecule has 3 rings (SSSR count). The Bertz CT molecular complexity index is 711. The molecule has 0 amide bonds. The van der Waals surface area contributed by atoms with E-state index in [1.54, 1.807) is 11.8 Å². The first kappa shape index (κ1) is 16.8. The highest BCUT2D eigenvalue weighted by molar-refractivity contribution is 6.28. The van der Waals surface area contributed by atoms with Gasteiger partial charge in [-0.05, 0) is 30.7 Å². The molecule has 1 aliphatic heterocycles. The number of aromatic nitrogens is 3. The summed E-state index contributed by atoms with van der Waals surface area (Å²) in [5, 5.41) is -0.118. The lowest BCUT2D eigenvalue weighted by molar-refractivity contribution is 0.121. The van der Waals surface area contributed by atoms with Crippen LogP contribution in [-0.4, -0.2) is 41.3 Å². The van der Waals surface area contributed by atoms with E-state index in [0.29, 0.717) is 32.0 Å². The summed E-state index contributed by atoms with van der Waals surface area (Å²) < 4.78 is 38.4. The van der Waals surface area contributed by atoms with Crippen molar-refractivity contribution in [1.82, 2.24) is 15.0 Å². The minimum Gasteiger partial charge on any atom is -0.466 e. The normalized spacial score (nSPS) is 16.1. The van der Waals surface area contributed by atoms with Crippen LogP contribution in [0, 0.1) is 11.6 Å². The molecular weight excluding hydrogens is 342 g/mol. The smallest absolute Gasteiger partial charge is 0.257 e. The van der Waals surface area contributed by atoms with Crippen molar-refractivity contribution in [2.75, 3.05) is 31.2 Å². The molecule has 0 saturated carbocycles. The number of halogens is 3. The van der Waals surface area contributed by atoms with E-state index in [-0.39, 0.29) is 17.0 Å². The number of morpholine rings is 1. The van der Waals surface area contributed by atoms with Crippen LogP contribution in [0.15, 0.2) is 18.3 Å². The van der Waals surface area contributed by atoms with Crippen LogP contribution < -0.4 is 9.64 Å². The summed E-state index contributed by atoms with van der Waals surface area (Å²) >= 11 is 5.90. The van der Waals surface area contributed by atoms with E-state index < -0.39 is 17.7 Å². The van der Waals surface area contributed by atoms with Crippen molar-refractivity contribution in [1.29, 1.82) is 0 Å². The van der Waals surface area contributed by atoms with Gasteiger partial charge in [0.15, 0.2) is 5.82 Å². The Hall–Kier alpha value is -2.06. The lowest BCUT2D eigenvalue weighted by atomic mass is 10.2. The molecule has 3 heterocycles. The predicted octanol–water partition coefficient (Wildman–Crippen LogP) is 2.78. The highest BCUT2D eigenvalue weighted by Gasteiger charge is 2.23. The average molecular weight is 357 g/mol. The Balaban J connectivity index is 1.84. The minimum atomic E-state index is -0.699. The molecule has 0 bridgehead atoms. The monoisotopic (exact) mass is 356 g/mol. The molecule has 1 atom stereocenters. The van der Waals surface area contributed by atoms with Gasteiger partial charge in [0.25, 0.3) is 5.88 Å². The van der Waals surface area contributed by atoms with Gasteiger partial charge in [-0.1, -0.05) is 0 Å². The first-order chi connectivity index (χ1) is 11.5. The van der Waals surface area contributed by atoms with Crippen LogP contribution in [0.4, 0.5) is 14.6 Å². The third-order valence-corrected chi connectivity index (χ3v) is 3.71. The summed E-state index contributed by atoms with van der Waals surface area (Å²) in [6, 6.07) is 2.72. The molecule has 0 radical (unpaired) electrons. The first-order valence-electron chi connectivity index (χ1n) is 7.38. The van der Waals surface area contributed by atoms with Crippen LogP contribution in [0.1, 0.15) is 18.7 Å². The molecule has 0 spiro atoms. The molecule has 1 fully saturated rings. The minimum absolute atomic E-state index is 0.0764. The van der Waals surface area contributed by atoms with Crippen molar-refractivity contribution in [2.24, 2.45) is 0 Å². The Labute approximate surface area is 142 Å². The van der Waals surface area contributed by atoms with E-state index >= 15 is 0 Å².